The van der Waals surface area contributed by atoms with E-state index in [4.69, 9.17) is 4.74 Å². The second kappa shape index (κ2) is 8.61. The molecular formula is C20H18BrN3O. The van der Waals surface area contributed by atoms with E-state index < -0.39 is 0 Å². The number of anilines is 1. The van der Waals surface area contributed by atoms with Crippen LogP contribution in [0.1, 0.15) is 17.5 Å². The molecule has 0 saturated heterocycles. The van der Waals surface area contributed by atoms with Crippen LogP contribution >= 0.6 is 15.9 Å². The molecule has 25 heavy (non-hydrogen) atoms. The molecule has 0 atom stereocenters. The van der Waals surface area contributed by atoms with Crippen LogP contribution in [0, 0.1) is 11.8 Å². The molecular weight excluding hydrogens is 378 g/mol. The number of hydrogen-bond donors (Lipinski definition) is 1. The van der Waals surface area contributed by atoms with Crippen LogP contribution in [0.3, 0.4) is 0 Å². The molecule has 1 N–H and O–H groups in total. The van der Waals surface area contributed by atoms with E-state index in [-0.39, 0.29) is 0 Å². The molecule has 0 saturated carbocycles. The summed E-state index contributed by atoms with van der Waals surface area (Å²) >= 11 is 3.46. The number of fused-ring (bicyclic) bond motifs is 1. The number of halogens is 1. The van der Waals surface area contributed by atoms with Gasteiger partial charge in [-0.05, 0) is 29.8 Å². The third-order valence-electron chi connectivity index (χ3n) is 3.68. The van der Waals surface area contributed by atoms with Crippen molar-refractivity contribution in [2.75, 3.05) is 19.0 Å². The second-order valence-corrected chi connectivity index (χ2v) is 6.37. The Hall–Kier alpha value is -2.42. The number of hydrogen-bond acceptors (Lipinski definition) is 4. The van der Waals surface area contributed by atoms with Crippen molar-refractivity contribution in [2.45, 2.75) is 13.0 Å². The van der Waals surface area contributed by atoms with Gasteiger partial charge in [-0.3, -0.25) is 0 Å². The fourth-order valence-corrected chi connectivity index (χ4v) is 2.84. The van der Waals surface area contributed by atoms with E-state index in [1.54, 1.807) is 13.4 Å². The van der Waals surface area contributed by atoms with Gasteiger partial charge in [0.05, 0.1) is 12.1 Å². The summed E-state index contributed by atoms with van der Waals surface area (Å²) in [6, 6.07) is 14.0. The highest BCUT2D eigenvalue weighted by atomic mass is 79.9. The molecule has 0 aliphatic rings. The Labute approximate surface area is 155 Å². The first-order valence-corrected chi connectivity index (χ1v) is 8.77. The minimum absolute atomic E-state index is 0.575. The Morgan fingerprint density at radius 1 is 1.16 bits per heavy atom. The lowest BCUT2D eigenvalue weighted by molar-refractivity contribution is 0.184. The van der Waals surface area contributed by atoms with Crippen molar-refractivity contribution in [2.24, 2.45) is 0 Å². The fraction of sp³-hybridized carbons (Fsp3) is 0.200. The minimum atomic E-state index is 0.575. The number of nitrogens with zero attached hydrogens (tertiary/aromatic N) is 2. The molecule has 1 aromatic heterocycles. The maximum absolute atomic E-state index is 5.21. The Morgan fingerprint density at radius 3 is 2.92 bits per heavy atom. The van der Waals surface area contributed by atoms with Gasteiger partial charge in [-0.1, -0.05) is 46.0 Å². The molecule has 3 aromatic rings. The Morgan fingerprint density at radius 2 is 2.04 bits per heavy atom. The highest BCUT2D eigenvalue weighted by Crippen LogP contribution is 2.22. The minimum Gasteiger partial charge on any atom is -0.380 e. The van der Waals surface area contributed by atoms with Gasteiger partial charge in [0, 0.05) is 35.5 Å². The normalized spacial score (nSPS) is 10.3. The lowest BCUT2D eigenvalue weighted by Gasteiger charge is -2.06. The molecule has 0 aliphatic carbocycles. The van der Waals surface area contributed by atoms with E-state index in [2.05, 4.69) is 43.1 Å². The number of ether oxygens (including phenoxy) is 1. The van der Waals surface area contributed by atoms with Gasteiger partial charge < -0.3 is 10.1 Å². The summed E-state index contributed by atoms with van der Waals surface area (Å²) in [4.78, 5) is 8.62. The van der Waals surface area contributed by atoms with Crippen molar-refractivity contribution >= 4 is 32.7 Å². The van der Waals surface area contributed by atoms with E-state index in [1.165, 1.54) is 0 Å². The van der Waals surface area contributed by atoms with Gasteiger partial charge in [-0.15, -0.1) is 0 Å². The molecule has 0 fully saturated rings. The van der Waals surface area contributed by atoms with Crippen molar-refractivity contribution in [3.05, 3.63) is 64.4 Å². The van der Waals surface area contributed by atoms with E-state index in [1.807, 2.05) is 42.5 Å². The summed E-state index contributed by atoms with van der Waals surface area (Å²) in [5, 5.41) is 4.34. The standard InChI is InChI=1S/C20H18BrN3O/c1-25-13-16-8-3-2-6-15(16)7-4-5-11-22-20-18-10-9-17(21)12-19(18)23-14-24-20/h2-3,6,8-10,12,14H,5,11,13H2,1H3,(H,22,23,24). The van der Waals surface area contributed by atoms with Gasteiger partial charge in [0.15, 0.2) is 0 Å². The van der Waals surface area contributed by atoms with Crippen LogP contribution in [0.2, 0.25) is 0 Å². The van der Waals surface area contributed by atoms with E-state index in [0.29, 0.717) is 6.61 Å². The number of benzene rings is 2. The summed E-state index contributed by atoms with van der Waals surface area (Å²) < 4.78 is 6.21. The third kappa shape index (κ3) is 4.56. The summed E-state index contributed by atoms with van der Waals surface area (Å²) in [6.45, 7) is 1.30. The molecule has 0 aliphatic heterocycles. The summed E-state index contributed by atoms with van der Waals surface area (Å²) in [7, 11) is 1.69. The molecule has 126 valence electrons. The number of nitrogens with one attached hydrogen (secondary N) is 1. The van der Waals surface area contributed by atoms with Gasteiger partial charge in [0.2, 0.25) is 0 Å². The van der Waals surface area contributed by atoms with Crippen molar-refractivity contribution in [1.82, 2.24) is 9.97 Å². The van der Waals surface area contributed by atoms with Crippen molar-refractivity contribution in [1.29, 1.82) is 0 Å². The first-order valence-electron chi connectivity index (χ1n) is 7.98. The monoisotopic (exact) mass is 395 g/mol. The van der Waals surface area contributed by atoms with E-state index in [9.17, 15) is 0 Å². The van der Waals surface area contributed by atoms with Gasteiger partial charge in [0.25, 0.3) is 0 Å². The smallest absolute Gasteiger partial charge is 0.137 e. The molecule has 1 heterocycles. The Balaban J connectivity index is 1.63. The van der Waals surface area contributed by atoms with E-state index in [0.717, 1.165) is 45.3 Å². The van der Waals surface area contributed by atoms with Crippen LogP contribution in [0.25, 0.3) is 10.9 Å². The number of methoxy groups -OCH3 is 1. The van der Waals surface area contributed by atoms with Crippen LogP contribution in [0.5, 0.6) is 0 Å². The number of rotatable bonds is 5. The molecule has 0 unspecified atom stereocenters. The average Bonchev–Trinajstić information content (AvgIpc) is 2.63. The zero-order valence-corrected chi connectivity index (χ0v) is 15.5. The molecule has 0 bridgehead atoms. The van der Waals surface area contributed by atoms with Gasteiger partial charge in [0.1, 0.15) is 12.1 Å². The van der Waals surface area contributed by atoms with Crippen LogP contribution in [-0.2, 0) is 11.3 Å². The van der Waals surface area contributed by atoms with Gasteiger partial charge >= 0.3 is 0 Å². The lowest BCUT2D eigenvalue weighted by atomic mass is 10.1. The van der Waals surface area contributed by atoms with Crippen LogP contribution in [0.15, 0.2) is 53.3 Å². The second-order valence-electron chi connectivity index (χ2n) is 5.45. The van der Waals surface area contributed by atoms with Crippen LogP contribution in [-0.4, -0.2) is 23.6 Å². The zero-order valence-electron chi connectivity index (χ0n) is 13.9. The molecule has 0 spiro atoms. The Bertz CT molecular complexity index is 931. The largest absolute Gasteiger partial charge is 0.380 e. The Kier molecular flexibility index (Phi) is 5.99. The third-order valence-corrected chi connectivity index (χ3v) is 4.17. The maximum atomic E-state index is 5.21. The quantitative estimate of drug-likeness (QED) is 0.513. The predicted molar refractivity (Wildman–Crippen MR) is 104 cm³/mol. The van der Waals surface area contributed by atoms with Crippen LogP contribution in [0.4, 0.5) is 5.82 Å². The van der Waals surface area contributed by atoms with Crippen LogP contribution < -0.4 is 5.32 Å². The maximum Gasteiger partial charge on any atom is 0.137 e. The summed E-state index contributed by atoms with van der Waals surface area (Å²) in [5.41, 5.74) is 3.03. The van der Waals surface area contributed by atoms with Crippen molar-refractivity contribution < 1.29 is 4.74 Å². The lowest BCUT2D eigenvalue weighted by Crippen LogP contribution is -2.03. The molecule has 5 heteroatoms. The van der Waals surface area contributed by atoms with Gasteiger partial charge in [-0.25, -0.2) is 9.97 Å². The first-order chi connectivity index (χ1) is 12.3. The average molecular weight is 396 g/mol. The van der Waals surface area contributed by atoms with E-state index >= 15 is 0 Å². The molecule has 2 aromatic carbocycles. The molecule has 4 nitrogen and oxygen atoms in total. The predicted octanol–water partition coefficient (Wildman–Crippen LogP) is 4.39. The SMILES string of the molecule is COCc1ccccc1C#CCCNc1ncnc2cc(Br)ccc12. The summed E-state index contributed by atoms with van der Waals surface area (Å²) in [6.07, 6.45) is 2.30. The topological polar surface area (TPSA) is 47.0 Å². The zero-order chi connectivity index (χ0) is 17.5. The van der Waals surface area contributed by atoms with Crippen molar-refractivity contribution in [3.63, 3.8) is 0 Å². The number of aromatic nitrogens is 2. The fourth-order valence-electron chi connectivity index (χ4n) is 2.50. The van der Waals surface area contributed by atoms with Gasteiger partial charge in [-0.2, -0.15) is 0 Å². The summed E-state index contributed by atoms with van der Waals surface area (Å²) in [5.74, 6) is 7.26. The molecule has 0 radical (unpaired) electrons. The first kappa shape index (κ1) is 17.4. The molecule has 3 rings (SSSR count). The highest BCUT2D eigenvalue weighted by Gasteiger charge is 2.03. The molecule has 0 amide bonds. The highest BCUT2D eigenvalue weighted by molar-refractivity contribution is 9.10. The van der Waals surface area contributed by atoms with Crippen molar-refractivity contribution in [3.8, 4) is 11.8 Å².